The minimum atomic E-state index is -4.45. The summed E-state index contributed by atoms with van der Waals surface area (Å²) in [6, 6.07) is 3.15. The van der Waals surface area contributed by atoms with Crippen molar-refractivity contribution in [2.75, 3.05) is 11.9 Å². The van der Waals surface area contributed by atoms with Gasteiger partial charge in [-0.1, -0.05) is 25.4 Å². The standard InChI is InChI=1S/C12H15ClF3N3/c1-7(2)6-18-11(17)19-10-4-8(12(14,15)16)3-9(13)5-10/h3-5,7H,6H2,1-2H3,(H3,17,18,19). The van der Waals surface area contributed by atoms with Crippen molar-refractivity contribution in [3.05, 3.63) is 28.8 Å². The summed E-state index contributed by atoms with van der Waals surface area (Å²) < 4.78 is 37.8. The fraction of sp³-hybridized carbons (Fsp3) is 0.417. The van der Waals surface area contributed by atoms with Crippen LogP contribution in [0.3, 0.4) is 0 Å². The van der Waals surface area contributed by atoms with Gasteiger partial charge in [-0.15, -0.1) is 0 Å². The van der Waals surface area contributed by atoms with Crippen LogP contribution in [0.5, 0.6) is 0 Å². The van der Waals surface area contributed by atoms with E-state index in [4.69, 9.17) is 17.3 Å². The third kappa shape index (κ3) is 5.38. The largest absolute Gasteiger partial charge is 0.416 e. The Morgan fingerprint density at radius 3 is 2.53 bits per heavy atom. The molecule has 1 aromatic carbocycles. The summed E-state index contributed by atoms with van der Waals surface area (Å²) in [5.74, 6) is 0.370. The van der Waals surface area contributed by atoms with Crippen molar-refractivity contribution < 1.29 is 13.2 Å². The molecule has 0 saturated heterocycles. The Bertz CT molecular complexity index is 470. The van der Waals surface area contributed by atoms with Gasteiger partial charge in [0.15, 0.2) is 5.96 Å². The Balaban J connectivity index is 2.90. The number of benzene rings is 1. The zero-order valence-corrected chi connectivity index (χ0v) is 11.3. The van der Waals surface area contributed by atoms with Gasteiger partial charge < -0.3 is 11.1 Å². The van der Waals surface area contributed by atoms with Crippen LogP contribution in [0.4, 0.5) is 18.9 Å². The maximum atomic E-state index is 12.6. The predicted octanol–water partition coefficient (Wildman–Crippen LogP) is 3.74. The molecule has 0 fully saturated rings. The van der Waals surface area contributed by atoms with Gasteiger partial charge in [0, 0.05) is 17.3 Å². The Hall–Kier alpha value is -1.43. The fourth-order valence-electron chi connectivity index (χ4n) is 1.29. The van der Waals surface area contributed by atoms with Crippen molar-refractivity contribution in [3.8, 4) is 0 Å². The molecular weight excluding hydrogens is 279 g/mol. The normalized spacial score (nSPS) is 12.9. The van der Waals surface area contributed by atoms with Gasteiger partial charge in [0.2, 0.25) is 0 Å². The van der Waals surface area contributed by atoms with Crippen LogP contribution in [0.25, 0.3) is 0 Å². The summed E-state index contributed by atoms with van der Waals surface area (Å²) >= 11 is 5.65. The van der Waals surface area contributed by atoms with Crippen LogP contribution in [0, 0.1) is 5.92 Å². The first-order valence-electron chi connectivity index (χ1n) is 5.63. The molecule has 1 rings (SSSR count). The van der Waals surface area contributed by atoms with Gasteiger partial charge in [0.25, 0.3) is 0 Å². The molecule has 0 atom stereocenters. The quantitative estimate of drug-likeness (QED) is 0.659. The van der Waals surface area contributed by atoms with Crippen molar-refractivity contribution in [1.29, 1.82) is 0 Å². The molecule has 0 unspecified atom stereocenters. The minimum Gasteiger partial charge on any atom is -0.370 e. The molecule has 7 heteroatoms. The number of nitrogens with two attached hydrogens (primary N) is 1. The zero-order valence-electron chi connectivity index (χ0n) is 10.6. The average Bonchev–Trinajstić information content (AvgIpc) is 2.24. The molecule has 1 aromatic rings. The maximum Gasteiger partial charge on any atom is 0.416 e. The number of anilines is 1. The molecule has 0 spiro atoms. The van der Waals surface area contributed by atoms with Crippen molar-refractivity contribution in [2.24, 2.45) is 16.6 Å². The molecule has 0 heterocycles. The Morgan fingerprint density at radius 2 is 2.00 bits per heavy atom. The molecule has 3 nitrogen and oxygen atoms in total. The van der Waals surface area contributed by atoms with E-state index in [1.807, 2.05) is 13.8 Å². The minimum absolute atomic E-state index is 0.0195. The second kappa shape index (κ2) is 6.14. The number of nitrogens with zero attached hydrogens (tertiary/aromatic N) is 1. The highest BCUT2D eigenvalue weighted by molar-refractivity contribution is 6.31. The number of hydrogen-bond acceptors (Lipinski definition) is 1. The van der Waals surface area contributed by atoms with Crippen LogP contribution in [0.1, 0.15) is 19.4 Å². The topological polar surface area (TPSA) is 50.4 Å². The predicted molar refractivity (Wildman–Crippen MR) is 71.4 cm³/mol. The smallest absolute Gasteiger partial charge is 0.370 e. The highest BCUT2D eigenvalue weighted by Crippen LogP contribution is 2.33. The van der Waals surface area contributed by atoms with Crippen LogP contribution in [0.2, 0.25) is 5.02 Å². The van der Waals surface area contributed by atoms with Gasteiger partial charge in [-0.05, 0) is 24.1 Å². The number of alkyl halides is 3. The lowest BCUT2D eigenvalue weighted by Gasteiger charge is -2.11. The van der Waals surface area contributed by atoms with E-state index >= 15 is 0 Å². The third-order valence-electron chi connectivity index (χ3n) is 2.12. The first-order chi connectivity index (χ1) is 8.68. The molecular formula is C12H15ClF3N3. The van der Waals surface area contributed by atoms with Crippen LogP contribution in [-0.2, 0) is 6.18 Å². The molecule has 0 aromatic heterocycles. The molecule has 0 aliphatic rings. The number of rotatable bonds is 3. The van der Waals surface area contributed by atoms with Crippen LogP contribution >= 0.6 is 11.6 Å². The van der Waals surface area contributed by atoms with E-state index in [2.05, 4.69) is 10.3 Å². The lowest BCUT2D eigenvalue weighted by Crippen LogP contribution is -2.23. The molecule has 19 heavy (non-hydrogen) atoms. The second-order valence-corrected chi connectivity index (χ2v) is 4.91. The Morgan fingerprint density at radius 1 is 1.37 bits per heavy atom. The molecule has 0 radical (unpaired) electrons. The summed E-state index contributed by atoms with van der Waals surface area (Å²) in [4.78, 5) is 4.00. The Kier molecular flexibility index (Phi) is 5.05. The van der Waals surface area contributed by atoms with Crippen molar-refractivity contribution in [1.82, 2.24) is 0 Å². The van der Waals surface area contributed by atoms with E-state index < -0.39 is 11.7 Å². The first-order valence-corrected chi connectivity index (χ1v) is 6.01. The third-order valence-corrected chi connectivity index (χ3v) is 2.34. The van der Waals surface area contributed by atoms with Gasteiger partial charge in [-0.2, -0.15) is 13.2 Å². The van der Waals surface area contributed by atoms with Gasteiger partial charge in [-0.25, -0.2) is 0 Å². The van der Waals surface area contributed by atoms with Crippen LogP contribution in [0.15, 0.2) is 23.2 Å². The highest BCUT2D eigenvalue weighted by Gasteiger charge is 2.31. The van der Waals surface area contributed by atoms with Gasteiger partial charge in [-0.3, -0.25) is 4.99 Å². The van der Waals surface area contributed by atoms with E-state index in [0.717, 1.165) is 12.1 Å². The number of hydrogen-bond donors (Lipinski definition) is 2. The summed E-state index contributed by atoms with van der Waals surface area (Å²) in [7, 11) is 0. The molecule has 3 N–H and O–H groups in total. The van der Waals surface area contributed by atoms with Gasteiger partial charge >= 0.3 is 6.18 Å². The molecule has 0 aliphatic heterocycles. The van der Waals surface area contributed by atoms with E-state index in [1.165, 1.54) is 6.07 Å². The first kappa shape index (κ1) is 15.6. The number of guanidine groups is 1. The molecule has 0 amide bonds. The molecule has 0 saturated carbocycles. The average molecular weight is 294 g/mol. The van der Waals surface area contributed by atoms with Gasteiger partial charge in [0.05, 0.1) is 5.56 Å². The van der Waals surface area contributed by atoms with Crippen LogP contribution < -0.4 is 11.1 Å². The molecule has 0 aliphatic carbocycles. The van der Waals surface area contributed by atoms with E-state index in [-0.39, 0.29) is 16.7 Å². The maximum absolute atomic E-state index is 12.6. The summed E-state index contributed by atoms with van der Waals surface area (Å²) in [5, 5.41) is 2.57. The van der Waals surface area contributed by atoms with Crippen LogP contribution in [-0.4, -0.2) is 12.5 Å². The highest BCUT2D eigenvalue weighted by atomic mass is 35.5. The summed E-state index contributed by atoms with van der Waals surface area (Å²) in [6.45, 7) is 4.40. The summed E-state index contributed by atoms with van der Waals surface area (Å²) in [5.41, 5.74) is 4.90. The van der Waals surface area contributed by atoms with E-state index in [1.54, 1.807) is 0 Å². The SMILES string of the molecule is CC(C)CN=C(N)Nc1cc(Cl)cc(C(F)(F)F)c1. The van der Waals surface area contributed by atoms with Gasteiger partial charge in [0.1, 0.15) is 0 Å². The fourth-order valence-corrected chi connectivity index (χ4v) is 1.53. The zero-order chi connectivity index (χ0) is 14.6. The number of aliphatic imine (C=N–C) groups is 1. The van der Waals surface area contributed by atoms with E-state index in [9.17, 15) is 13.2 Å². The lowest BCUT2D eigenvalue weighted by molar-refractivity contribution is -0.137. The lowest BCUT2D eigenvalue weighted by atomic mass is 10.2. The molecule has 0 bridgehead atoms. The Labute approximate surface area is 114 Å². The summed E-state index contributed by atoms with van der Waals surface area (Å²) in [6.07, 6.45) is -4.45. The van der Waals surface area contributed by atoms with E-state index in [0.29, 0.717) is 12.5 Å². The van der Waals surface area contributed by atoms with Crippen molar-refractivity contribution in [2.45, 2.75) is 20.0 Å². The van der Waals surface area contributed by atoms with Crippen molar-refractivity contribution >= 4 is 23.2 Å². The monoisotopic (exact) mass is 293 g/mol. The molecule has 106 valence electrons. The second-order valence-electron chi connectivity index (χ2n) is 4.47. The van der Waals surface area contributed by atoms with Crippen molar-refractivity contribution in [3.63, 3.8) is 0 Å². The number of halogens is 4. The number of nitrogens with one attached hydrogen (secondary N) is 1.